The Bertz CT molecular complexity index is 1090. The number of likely N-dealkylation sites (N-methyl/N-ethyl adjacent to an activating group) is 2. The Hall–Kier alpha value is -2.58. The normalized spacial score (nSPS) is 12.8. The molecule has 2 aliphatic rings. The maximum absolute atomic E-state index is 13.1. The van der Waals surface area contributed by atoms with Crippen molar-refractivity contribution < 1.29 is 8.97 Å². The van der Waals surface area contributed by atoms with Crippen molar-refractivity contribution in [3.8, 4) is 11.5 Å². The van der Waals surface area contributed by atoms with Crippen LogP contribution >= 0.6 is 0 Å². The van der Waals surface area contributed by atoms with Gasteiger partial charge in [-0.25, -0.2) is 9.78 Å². The van der Waals surface area contributed by atoms with Crippen LogP contribution in [-0.4, -0.2) is 83.4 Å². The molecule has 1 aromatic rings. The molecule has 28 heavy (non-hydrogen) atoms. The Morgan fingerprint density at radius 1 is 0.821 bits per heavy atom. The molecule has 0 radical (unpaired) electrons. The molecule has 8 nitrogen and oxygen atoms in total. The van der Waals surface area contributed by atoms with Crippen LogP contribution in [-0.2, 0) is 13.1 Å². The van der Waals surface area contributed by atoms with E-state index in [0.29, 0.717) is 29.9 Å². The first kappa shape index (κ1) is 20.2. The summed E-state index contributed by atoms with van der Waals surface area (Å²) in [4.78, 5) is 34.6. The summed E-state index contributed by atoms with van der Waals surface area (Å²) in [5.41, 5.74) is 0.974. The van der Waals surface area contributed by atoms with Crippen molar-refractivity contribution in [1.82, 2.24) is 19.1 Å². The molecule has 1 aromatic carbocycles. The predicted molar refractivity (Wildman–Crippen MR) is 110 cm³/mol. The molecule has 0 fully saturated rings. The van der Waals surface area contributed by atoms with Gasteiger partial charge in [0, 0.05) is 0 Å². The average molecular weight is 387 g/mol. The van der Waals surface area contributed by atoms with Crippen LogP contribution in [0.15, 0.2) is 33.9 Å². The van der Waals surface area contributed by atoms with Crippen LogP contribution in [0.1, 0.15) is 0 Å². The van der Waals surface area contributed by atoms with Gasteiger partial charge in [0.15, 0.2) is 11.5 Å². The summed E-state index contributed by atoms with van der Waals surface area (Å²) in [6, 6.07) is 7.67. The molecule has 0 amide bonds. The molecule has 3 rings (SSSR count). The summed E-state index contributed by atoms with van der Waals surface area (Å²) >= 11 is 0. The van der Waals surface area contributed by atoms with Crippen LogP contribution in [0.5, 0.6) is 0 Å². The topological polar surface area (TPSA) is 69.8 Å². The Morgan fingerprint density at radius 3 is 2.00 bits per heavy atom. The van der Waals surface area contributed by atoms with Gasteiger partial charge < -0.3 is 13.5 Å². The number of quaternary nitrogens is 2. The minimum Gasteiger partial charge on any atom is -0.329 e. The maximum Gasteiger partial charge on any atom is 0.352 e. The van der Waals surface area contributed by atoms with Crippen molar-refractivity contribution in [2.24, 2.45) is 0 Å². The molecule has 0 bridgehead atoms. The largest absolute Gasteiger partial charge is 0.352 e. The summed E-state index contributed by atoms with van der Waals surface area (Å²) in [6.07, 6.45) is 0. The summed E-state index contributed by atoms with van der Waals surface area (Å²) < 4.78 is 4.57. The fourth-order valence-corrected chi connectivity index (χ4v) is 3.05. The highest BCUT2D eigenvalue weighted by atomic mass is 16.2. The molecule has 0 aliphatic carbocycles. The van der Waals surface area contributed by atoms with E-state index in [1.54, 1.807) is 0 Å². The van der Waals surface area contributed by atoms with Gasteiger partial charge in [-0.2, -0.15) is 4.98 Å². The van der Waals surface area contributed by atoms with Gasteiger partial charge in [-0.05, 0) is 12.1 Å². The second kappa shape index (κ2) is 7.10. The zero-order valence-corrected chi connectivity index (χ0v) is 17.6. The van der Waals surface area contributed by atoms with Gasteiger partial charge in [-0.3, -0.25) is 9.36 Å². The molecule has 0 N–H and O–H groups in total. The molecule has 0 saturated carbocycles. The monoisotopic (exact) mass is 386 g/mol. The van der Waals surface area contributed by atoms with E-state index in [1.165, 1.54) is 4.57 Å². The lowest BCUT2D eigenvalue weighted by atomic mass is 10.2. The summed E-state index contributed by atoms with van der Waals surface area (Å²) in [5.74, 6) is 0.364. The predicted octanol–water partition coefficient (Wildman–Crippen LogP) is 0.470. The van der Waals surface area contributed by atoms with Crippen molar-refractivity contribution in [1.29, 1.82) is 0 Å². The number of aromatic nitrogens is 4. The van der Waals surface area contributed by atoms with Gasteiger partial charge in [0.05, 0.1) is 79.5 Å². The second-order valence-electron chi connectivity index (χ2n) is 9.30. The standard InChI is InChI=1S/C20H30N6O2/c1-25(2,3)13-11-23-16-10-8-7-9-15(16)21-17-18(23)22-20(28)24(19(17)27)12-14-26(4,5)6/h7-10H,11-14H2,1-6H3/q+2. The SMILES string of the molecule is C[N+](C)(C)CCn1c(=O)nc2n(CC[N+](C)(C)C)c3ccccc3nc-2c1=O. The fraction of sp³-hybridized carbons (Fsp3) is 0.500. The van der Waals surface area contributed by atoms with Crippen LogP contribution in [0.3, 0.4) is 0 Å². The maximum atomic E-state index is 13.1. The molecule has 0 saturated heterocycles. The van der Waals surface area contributed by atoms with E-state index >= 15 is 0 Å². The van der Waals surface area contributed by atoms with Crippen molar-refractivity contribution in [2.75, 3.05) is 55.4 Å². The highest BCUT2D eigenvalue weighted by Gasteiger charge is 2.23. The Balaban J connectivity index is 2.22. The lowest BCUT2D eigenvalue weighted by Gasteiger charge is -2.26. The number of hydrogen-bond donors (Lipinski definition) is 0. The van der Waals surface area contributed by atoms with E-state index < -0.39 is 5.69 Å². The van der Waals surface area contributed by atoms with Crippen molar-refractivity contribution in [2.45, 2.75) is 13.1 Å². The van der Waals surface area contributed by atoms with Gasteiger partial charge in [-0.1, -0.05) is 12.1 Å². The average Bonchev–Trinajstić information content (AvgIpc) is 2.57. The van der Waals surface area contributed by atoms with Crippen LogP contribution in [0, 0.1) is 0 Å². The summed E-state index contributed by atoms with van der Waals surface area (Å²) in [7, 11) is 12.4. The molecule has 0 aromatic heterocycles. The zero-order valence-electron chi connectivity index (χ0n) is 17.6. The van der Waals surface area contributed by atoms with Crippen LogP contribution in [0.4, 0.5) is 0 Å². The van der Waals surface area contributed by atoms with E-state index in [9.17, 15) is 9.59 Å². The van der Waals surface area contributed by atoms with Gasteiger partial charge in [-0.15, -0.1) is 0 Å². The fourth-order valence-electron chi connectivity index (χ4n) is 3.05. The van der Waals surface area contributed by atoms with E-state index in [0.717, 1.165) is 22.1 Å². The molecule has 8 heteroatoms. The van der Waals surface area contributed by atoms with Gasteiger partial charge in [0.1, 0.15) is 0 Å². The zero-order chi connectivity index (χ0) is 20.7. The van der Waals surface area contributed by atoms with Crippen LogP contribution < -0.4 is 11.2 Å². The lowest BCUT2D eigenvalue weighted by Crippen LogP contribution is -2.45. The van der Waals surface area contributed by atoms with E-state index in [4.69, 9.17) is 0 Å². The van der Waals surface area contributed by atoms with Crippen LogP contribution in [0.2, 0.25) is 0 Å². The third-order valence-electron chi connectivity index (χ3n) is 4.74. The smallest absolute Gasteiger partial charge is 0.329 e. The van der Waals surface area contributed by atoms with Crippen molar-refractivity contribution in [3.63, 3.8) is 0 Å². The Morgan fingerprint density at radius 2 is 1.39 bits per heavy atom. The first-order valence-electron chi connectivity index (χ1n) is 9.47. The van der Waals surface area contributed by atoms with E-state index in [1.807, 2.05) is 50.0 Å². The molecule has 0 atom stereocenters. The summed E-state index contributed by atoms with van der Waals surface area (Å²) in [6.45, 7) is 2.43. The molecular formula is C20H30N6O2+2. The van der Waals surface area contributed by atoms with Crippen molar-refractivity contribution >= 4 is 11.0 Å². The third-order valence-corrected chi connectivity index (χ3v) is 4.74. The van der Waals surface area contributed by atoms with Crippen LogP contribution in [0.25, 0.3) is 22.6 Å². The lowest BCUT2D eigenvalue weighted by molar-refractivity contribution is -0.871. The van der Waals surface area contributed by atoms with E-state index in [-0.39, 0.29) is 11.3 Å². The third kappa shape index (κ3) is 4.28. The van der Waals surface area contributed by atoms with Gasteiger partial charge >= 0.3 is 5.69 Å². The Labute approximate surface area is 164 Å². The van der Waals surface area contributed by atoms with Gasteiger partial charge in [0.25, 0.3) is 5.56 Å². The first-order valence-corrected chi connectivity index (χ1v) is 9.47. The van der Waals surface area contributed by atoms with E-state index in [2.05, 4.69) is 31.1 Å². The molecule has 0 spiro atoms. The minimum absolute atomic E-state index is 0.251. The quantitative estimate of drug-likeness (QED) is 0.456. The molecule has 2 heterocycles. The number of rotatable bonds is 6. The number of nitrogens with zero attached hydrogens (tertiary/aromatic N) is 6. The summed E-state index contributed by atoms with van der Waals surface area (Å²) in [5, 5.41) is 0. The van der Waals surface area contributed by atoms with Crippen molar-refractivity contribution in [3.05, 3.63) is 45.1 Å². The number of para-hydroxylation sites is 2. The number of benzene rings is 1. The molecule has 150 valence electrons. The van der Waals surface area contributed by atoms with Gasteiger partial charge in [0.2, 0.25) is 0 Å². The molecule has 0 unspecified atom stereocenters. The second-order valence-corrected chi connectivity index (χ2v) is 9.30. The minimum atomic E-state index is -0.512. The Kier molecular flexibility index (Phi) is 5.12. The number of hydrogen-bond acceptors (Lipinski definition) is 4. The number of fused-ring (bicyclic) bond motifs is 2. The highest BCUT2D eigenvalue weighted by molar-refractivity contribution is 5.79. The highest BCUT2D eigenvalue weighted by Crippen LogP contribution is 2.20. The molecular weight excluding hydrogens is 356 g/mol. The molecule has 2 aliphatic heterocycles. The first-order chi connectivity index (χ1) is 13.0.